The van der Waals surface area contributed by atoms with E-state index in [4.69, 9.17) is 5.73 Å². The van der Waals surface area contributed by atoms with Gasteiger partial charge in [0.1, 0.15) is 0 Å². The third kappa shape index (κ3) is 3.27. The number of amides is 1. The normalized spacial score (nSPS) is 12.0. The lowest BCUT2D eigenvalue weighted by Crippen LogP contribution is -2.23. The third-order valence-corrected chi connectivity index (χ3v) is 4.42. The second kappa shape index (κ2) is 6.66. The molecular formula is C17H16N4OS. The van der Waals surface area contributed by atoms with E-state index in [1.807, 2.05) is 65.2 Å². The first-order valence-corrected chi connectivity index (χ1v) is 8.07. The van der Waals surface area contributed by atoms with Crippen LogP contribution in [0, 0.1) is 0 Å². The maximum absolute atomic E-state index is 11.4. The zero-order valence-electron chi connectivity index (χ0n) is 12.6. The highest BCUT2D eigenvalue weighted by Crippen LogP contribution is 2.29. The van der Waals surface area contributed by atoms with Crippen LogP contribution < -0.4 is 5.73 Å². The van der Waals surface area contributed by atoms with Gasteiger partial charge in [0.2, 0.25) is 5.91 Å². The number of rotatable bonds is 5. The van der Waals surface area contributed by atoms with Crippen LogP contribution in [0.2, 0.25) is 0 Å². The Hall–Kier alpha value is -2.60. The SMILES string of the molecule is C[C@@H](Sc1nnc(-c2ccccc2)n1-c1ccccc1)C(N)=O. The second-order valence-corrected chi connectivity index (χ2v) is 6.31. The minimum atomic E-state index is -0.384. The summed E-state index contributed by atoms with van der Waals surface area (Å²) in [4.78, 5) is 11.4. The van der Waals surface area contributed by atoms with Gasteiger partial charge in [0, 0.05) is 11.3 Å². The fourth-order valence-electron chi connectivity index (χ4n) is 2.15. The van der Waals surface area contributed by atoms with E-state index in [2.05, 4.69) is 10.2 Å². The van der Waals surface area contributed by atoms with Crippen molar-refractivity contribution in [3.8, 4) is 17.1 Å². The van der Waals surface area contributed by atoms with Crippen molar-refractivity contribution in [3.63, 3.8) is 0 Å². The Kier molecular flexibility index (Phi) is 4.43. The Morgan fingerprint density at radius 1 is 1.04 bits per heavy atom. The van der Waals surface area contributed by atoms with Crippen molar-refractivity contribution in [1.29, 1.82) is 0 Å². The van der Waals surface area contributed by atoms with Gasteiger partial charge < -0.3 is 5.73 Å². The van der Waals surface area contributed by atoms with E-state index in [-0.39, 0.29) is 11.2 Å². The van der Waals surface area contributed by atoms with Gasteiger partial charge in [-0.25, -0.2) is 0 Å². The van der Waals surface area contributed by atoms with Crippen LogP contribution in [-0.4, -0.2) is 25.9 Å². The number of hydrogen-bond donors (Lipinski definition) is 1. The van der Waals surface area contributed by atoms with Crippen LogP contribution in [0.1, 0.15) is 6.92 Å². The summed E-state index contributed by atoms with van der Waals surface area (Å²) in [5.41, 5.74) is 7.27. The smallest absolute Gasteiger partial charge is 0.230 e. The number of benzene rings is 2. The molecular weight excluding hydrogens is 308 g/mol. The van der Waals surface area contributed by atoms with Gasteiger partial charge in [-0.3, -0.25) is 9.36 Å². The molecule has 3 rings (SSSR count). The third-order valence-electron chi connectivity index (χ3n) is 3.36. The maximum atomic E-state index is 11.4. The first-order chi connectivity index (χ1) is 11.2. The maximum Gasteiger partial charge on any atom is 0.230 e. The molecule has 3 aromatic rings. The monoisotopic (exact) mass is 324 g/mol. The van der Waals surface area contributed by atoms with Gasteiger partial charge >= 0.3 is 0 Å². The number of carbonyl (C=O) groups excluding carboxylic acids is 1. The molecule has 6 heteroatoms. The van der Waals surface area contributed by atoms with Crippen molar-refractivity contribution in [3.05, 3.63) is 60.7 Å². The molecule has 1 atom stereocenters. The first kappa shape index (κ1) is 15.3. The predicted octanol–water partition coefficient (Wildman–Crippen LogP) is 2.90. The lowest BCUT2D eigenvalue weighted by Gasteiger charge is -2.11. The van der Waals surface area contributed by atoms with Gasteiger partial charge in [0.05, 0.1) is 5.25 Å². The van der Waals surface area contributed by atoms with Gasteiger partial charge in [-0.05, 0) is 19.1 Å². The van der Waals surface area contributed by atoms with Crippen LogP contribution in [0.3, 0.4) is 0 Å². The quantitative estimate of drug-likeness (QED) is 0.732. The molecule has 0 aliphatic carbocycles. The molecule has 0 radical (unpaired) electrons. The van der Waals surface area contributed by atoms with Gasteiger partial charge in [0.15, 0.2) is 11.0 Å². The second-order valence-electron chi connectivity index (χ2n) is 5.01. The zero-order chi connectivity index (χ0) is 16.2. The largest absolute Gasteiger partial charge is 0.369 e. The average molecular weight is 324 g/mol. The number of nitrogens with zero attached hydrogens (tertiary/aromatic N) is 3. The van der Waals surface area contributed by atoms with Crippen LogP contribution in [0.4, 0.5) is 0 Å². The lowest BCUT2D eigenvalue weighted by atomic mass is 10.2. The van der Waals surface area contributed by atoms with Crippen molar-refractivity contribution in [2.45, 2.75) is 17.3 Å². The van der Waals surface area contributed by atoms with Crippen LogP contribution in [0.25, 0.3) is 17.1 Å². The summed E-state index contributed by atoms with van der Waals surface area (Å²) in [5, 5.41) is 8.83. The van der Waals surface area contributed by atoms with Gasteiger partial charge in [-0.1, -0.05) is 60.3 Å². The molecule has 5 nitrogen and oxygen atoms in total. The Morgan fingerprint density at radius 2 is 1.65 bits per heavy atom. The summed E-state index contributed by atoms with van der Waals surface area (Å²) >= 11 is 1.30. The number of nitrogens with two attached hydrogens (primary N) is 1. The molecule has 23 heavy (non-hydrogen) atoms. The summed E-state index contributed by atoms with van der Waals surface area (Å²) in [5.74, 6) is 0.356. The Balaban J connectivity index is 2.11. The number of hydrogen-bond acceptors (Lipinski definition) is 4. The van der Waals surface area contributed by atoms with E-state index in [1.54, 1.807) is 6.92 Å². The molecule has 1 amide bonds. The molecule has 0 aliphatic heterocycles. The van der Waals surface area contributed by atoms with E-state index in [0.29, 0.717) is 5.16 Å². The van der Waals surface area contributed by atoms with Crippen LogP contribution in [0.15, 0.2) is 65.8 Å². The number of aromatic nitrogens is 3. The number of carbonyl (C=O) groups is 1. The number of primary amides is 1. The molecule has 0 saturated carbocycles. The van der Waals surface area contributed by atoms with Crippen molar-refractivity contribution in [2.24, 2.45) is 5.73 Å². The van der Waals surface area contributed by atoms with Crippen LogP contribution >= 0.6 is 11.8 Å². The Morgan fingerprint density at radius 3 is 2.26 bits per heavy atom. The van der Waals surface area contributed by atoms with Gasteiger partial charge in [-0.2, -0.15) is 0 Å². The molecule has 0 unspecified atom stereocenters. The summed E-state index contributed by atoms with van der Waals surface area (Å²) in [6.07, 6.45) is 0. The van der Waals surface area contributed by atoms with Crippen molar-refractivity contribution in [1.82, 2.24) is 14.8 Å². The number of para-hydroxylation sites is 1. The number of thioether (sulfide) groups is 1. The summed E-state index contributed by atoms with van der Waals surface area (Å²) in [7, 11) is 0. The Bertz CT molecular complexity index is 802. The predicted molar refractivity (Wildman–Crippen MR) is 91.3 cm³/mol. The molecule has 0 saturated heterocycles. The Labute approximate surface area is 138 Å². The van der Waals surface area contributed by atoms with Crippen molar-refractivity contribution >= 4 is 17.7 Å². The van der Waals surface area contributed by atoms with Crippen LogP contribution in [0.5, 0.6) is 0 Å². The van der Waals surface area contributed by atoms with Crippen LogP contribution in [-0.2, 0) is 4.79 Å². The molecule has 116 valence electrons. The highest BCUT2D eigenvalue weighted by Gasteiger charge is 2.20. The topological polar surface area (TPSA) is 73.8 Å². The fourth-order valence-corrected chi connectivity index (χ4v) is 2.96. The van der Waals surface area contributed by atoms with E-state index in [1.165, 1.54) is 11.8 Å². The standard InChI is InChI=1S/C17H16N4OS/c1-12(15(18)22)23-17-20-19-16(13-8-4-2-5-9-13)21(17)14-10-6-3-7-11-14/h2-12H,1H3,(H2,18,22)/t12-/m1/s1. The average Bonchev–Trinajstić information content (AvgIpc) is 3.00. The first-order valence-electron chi connectivity index (χ1n) is 7.19. The molecule has 0 aliphatic rings. The molecule has 2 aromatic carbocycles. The summed E-state index contributed by atoms with van der Waals surface area (Å²) in [6, 6.07) is 19.7. The molecule has 2 N–H and O–H groups in total. The highest BCUT2D eigenvalue weighted by molar-refractivity contribution is 8.00. The highest BCUT2D eigenvalue weighted by atomic mass is 32.2. The van der Waals surface area contributed by atoms with Crippen molar-refractivity contribution < 1.29 is 4.79 Å². The summed E-state index contributed by atoms with van der Waals surface area (Å²) in [6.45, 7) is 1.76. The van der Waals surface area contributed by atoms with E-state index >= 15 is 0 Å². The minimum Gasteiger partial charge on any atom is -0.369 e. The van der Waals surface area contributed by atoms with E-state index < -0.39 is 0 Å². The lowest BCUT2D eigenvalue weighted by molar-refractivity contribution is -0.117. The fraction of sp³-hybridized carbons (Fsp3) is 0.118. The molecule has 0 fully saturated rings. The van der Waals surface area contributed by atoms with Crippen molar-refractivity contribution in [2.75, 3.05) is 0 Å². The van der Waals surface area contributed by atoms with E-state index in [0.717, 1.165) is 17.1 Å². The van der Waals surface area contributed by atoms with Gasteiger partial charge in [-0.15, -0.1) is 10.2 Å². The molecule has 0 spiro atoms. The van der Waals surface area contributed by atoms with Gasteiger partial charge in [0.25, 0.3) is 0 Å². The molecule has 1 heterocycles. The molecule has 1 aromatic heterocycles. The minimum absolute atomic E-state index is 0.376. The summed E-state index contributed by atoms with van der Waals surface area (Å²) < 4.78 is 1.94. The molecule has 0 bridgehead atoms. The zero-order valence-corrected chi connectivity index (χ0v) is 13.4. The van der Waals surface area contributed by atoms with E-state index in [9.17, 15) is 4.79 Å².